The Morgan fingerprint density at radius 1 is 1.15 bits per heavy atom. The van der Waals surface area contributed by atoms with Crippen LogP contribution < -0.4 is 21.3 Å². The molecule has 0 heterocycles. The van der Waals surface area contributed by atoms with E-state index >= 15 is 0 Å². The number of hydrogen-bond donors (Lipinski definition) is 3. The standard InChI is InChI=1S/C15H18N4O/c1-11-10-13(20-2)8-9-14(11)18-15(19-16)17-12-6-4-3-5-7-12/h3-10H,16H2,1-2H3,(H2,17,18,19). The summed E-state index contributed by atoms with van der Waals surface area (Å²) in [5, 5.41) is 3.12. The van der Waals surface area contributed by atoms with E-state index in [1.807, 2.05) is 55.5 Å². The lowest BCUT2D eigenvalue weighted by Crippen LogP contribution is -2.36. The Balaban J connectivity index is 2.22. The first-order valence-electron chi connectivity index (χ1n) is 6.25. The Labute approximate surface area is 118 Å². The van der Waals surface area contributed by atoms with Crippen LogP contribution >= 0.6 is 0 Å². The van der Waals surface area contributed by atoms with E-state index in [0.29, 0.717) is 5.96 Å². The van der Waals surface area contributed by atoms with Gasteiger partial charge in [0.1, 0.15) is 5.75 Å². The summed E-state index contributed by atoms with van der Waals surface area (Å²) in [5.41, 5.74) is 5.30. The number of nitrogens with zero attached hydrogens (tertiary/aromatic N) is 1. The Morgan fingerprint density at radius 2 is 1.90 bits per heavy atom. The van der Waals surface area contributed by atoms with E-state index in [2.05, 4.69) is 15.7 Å². The van der Waals surface area contributed by atoms with E-state index in [4.69, 9.17) is 10.6 Å². The fourth-order valence-corrected chi connectivity index (χ4v) is 1.76. The highest BCUT2D eigenvalue weighted by Gasteiger charge is 2.02. The van der Waals surface area contributed by atoms with Crippen molar-refractivity contribution >= 4 is 17.3 Å². The molecular weight excluding hydrogens is 252 g/mol. The maximum absolute atomic E-state index is 5.51. The van der Waals surface area contributed by atoms with Crippen molar-refractivity contribution in [1.29, 1.82) is 0 Å². The lowest BCUT2D eigenvalue weighted by Gasteiger charge is -2.10. The molecule has 0 saturated carbocycles. The zero-order valence-electron chi connectivity index (χ0n) is 11.6. The first kappa shape index (κ1) is 13.9. The van der Waals surface area contributed by atoms with Crippen LogP contribution in [-0.4, -0.2) is 13.1 Å². The maximum atomic E-state index is 5.51. The van der Waals surface area contributed by atoms with Crippen molar-refractivity contribution in [1.82, 2.24) is 5.43 Å². The fraction of sp³-hybridized carbons (Fsp3) is 0.133. The summed E-state index contributed by atoms with van der Waals surface area (Å²) in [5.74, 6) is 6.79. The van der Waals surface area contributed by atoms with Crippen molar-refractivity contribution in [2.75, 3.05) is 12.4 Å². The highest BCUT2D eigenvalue weighted by Crippen LogP contribution is 2.23. The monoisotopic (exact) mass is 270 g/mol. The van der Waals surface area contributed by atoms with Crippen molar-refractivity contribution < 1.29 is 4.74 Å². The molecule has 0 radical (unpaired) electrons. The molecule has 0 aliphatic carbocycles. The molecule has 0 bridgehead atoms. The van der Waals surface area contributed by atoms with Gasteiger partial charge in [0.05, 0.1) is 12.8 Å². The van der Waals surface area contributed by atoms with Crippen molar-refractivity contribution in [3.8, 4) is 5.75 Å². The summed E-state index contributed by atoms with van der Waals surface area (Å²) in [7, 11) is 1.64. The van der Waals surface area contributed by atoms with Gasteiger partial charge in [-0.2, -0.15) is 0 Å². The molecule has 0 unspecified atom stereocenters. The highest BCUT2D eigenvalue weighted by atomic mass is 16.5. The number of aliphatic imine (C=N–C) groups is 1. The van der Waals surface area contributed by atoms with Gasteiger partial charge in [0.2, 0.25) is 5.96 Å². The van der Waals surface area contributed by atoms with E-state index in [1.165, 1.54) is 0 Å². The van der Waals surface area contributed by atoms with E-state index in [-0.39, 0.29) is 0 Å². The van der Waals surface area contributed by atoms with Crippen LogP contribution in [0.4, 0.5) is 11.4 Å². The van der Waals surface area contributed by atoms with Gasteiger partial charge in [-0.05, 0) is 42.8 Å². The summed E-state index contributed by atoms with van der Waals surface area (Å²) >= 11 is 0. The second-order valence-corrected chi connectivity index (χ2v) is 4.25. The Hall–Kier alpha value is -2.53. The van der Waals surface area contributed by atoms with Gasteiger partial charge >= 0.3 is 0 Å². The number of aryl methyl sites for hydroxylation is 1. The number of anilines is 1. The largest absolute Gasteiger partial charge is 0.497 e. The number of guanidine groups is 1. The van der Waals surface area contributed by atoms with Crippen LogP contribution in [0.2, 0.25) is 0 Å². The van der Waals surface area contributed by atoms with E-state index in [1.54, 1.807) is 7.11 Å². The fourth-order valence-electron chi connectivity index (χ4n) is 1.76. The minimum Gasteiger partial charge on any atom is -0.497 e. The van der Waals surface area contributed by atoms with Gasteiger partial charge in [0.15, 0.2) is 0 Å². The number of nitrogens with two attached hydrogens (primary N) is 1. The van der Waals surface area contributed by atoms with Crippen LogP contribution in [0, 0.1) is 6.92 Å². The summed E-state index contributed by atoms with van der Waals surface area (Å²) in [4.78, 5) is 4.46. The molecule has 2 rings (SSSR count). The lowest BCUT2D eigenvalue weighted by atomic mass is 10.2. The predicted octanol–water partition coefficient (Wildman–Crippen LogP) is 2.57. The molecule has 0 saturated heterocycles. The molecule has 0 fully saturated rings. The third-order valence-corrected chi connectivity index (χ3v) is 2.81. The van der Waals surface area contributed by atoms with Gasteiger partial charge in [-0.25, -0.2) is 10.8 Å². The molecule has 2 aromatic carbocycles. The molecule has 104 valence electrons. The molecule has 2 aromatic rings. The third-order valence-electron chi connectivity index (χ3n) is 2.81. The minimum atomic E-state index is 0.476. The van der Waals surface area contributed by atoms with Crippen LogP contribution in [0.25, 0.3) is 0 Å². The van der Waals surface area contributed by atoms with Crippen LogP contribution in [0.1, 0.15) is 5.56 Å². The quantitative estimate of drug-likeness (QED) is 0.347. The molecule has 20 heavy (non-hydrogen) atoms. The number of hydrazine groups is 1. The molecule has 5 nitrogen and oxygen atoms in total. The molecule has 0 spiro atoms. The number of nitrogens with one attached hydrogen (secondary N) is 2. The van der Waals surface area contributed by atoms with Gasteiger partial charge in [-0.1, -0.05) is 18.2 Å². The van der Waals surface area contributed by atoms with Gasteiger partial charge in [-0.15, -0.1) is 0 Å². The molecule has 0 aromatic heterocycles. The SMILES string of the molecule is COc1ccc(N=C(NN)Nc2ccccc2)c(C)c1. The Morgan fingerprint density at radius 3 is 2.50 bits per heavy atom. The second kappa shape index (κ2) is 6.58. The lowest BCUT2D eigenvalue weighted by molar-refractivity contribution is 0.414. The highest BCUT2D eigenvalue weighted by molar-refractivity contribution is 5.95. The summed E-state index contributed by atoms with van der Waals surface area (Å²) in [6, 6.07) is 15.4. The average Bonchev–Trinajstić information content (AvgIpc) is 2.49. The molecule has 4 N–H and O–H groups in total. The first-order valence-corrected chi connectivity index (χ1v) is 6.25. The number of rotatable bonds is 3. The normalized spacial score (nSPS) is 11.1. The third kappa shape index (κ3) is 3.49. The van der Waals surface area contributed by atoms with Crippen LogP contribution in [0.15, 0.2) is 53.5 Å². The van der Waals surface area contributed by atoms with Crippen LogP contribution in [0.3, 0.4) is 0 Å². The van der Waals surface area contributed by atoms with Crippen molar-refractivity contribution in [3.63, 3.8) is 0 Å². The van der Waals surface area contributed by atoms with Crippen molar-refractivity contribution in [2.24, 2.45) is 10.8 Å². The van der Waals surface area contributed by atoms with Gasteiger partial charge in [0.25, 0.3) is 0 Å². The minimum absolute atomic E-state index is 0.476. The smallest absolute Gasteiger partial charge is 0.215 e. The van der Waals surface area contributed by atoms with Gasteiger partial charge < -0.3 is 10.1 Å². The summed E-state index contributed by atoms with van der Waals surface area (Å²) < 4.78 is 5.17. The molecule has 0 aliphatic heterocycles. The molecule has 0 aliphatic rings. The summed E-state index contributed by atoms with van der Waals surface area (Å²) in [6.07, 6.45) is 0. The number of para-hydroxylation sites is 1. The summed E-state index contributed by atoms with van der Waals surface area (Å²) in [6.45, 7) is 1.97. The Bertz CT molecular complexity index is 596. The van der Waals surface area contributed by atoms with E-state index in [0.717, 1.165) is 22.7 Å². The zero-order valence-corrected chi connectivity index (χ0v) is 11.6. The van der Waals surface area contributed by atoms with Crippen LogP contribution in [0.5, 0.6) is 5.75 Å². The van der Waals surface area contributed by atoms with E-state index < -0.39 is 0 Å². The second-order valence-electron chi connectivity index (χ2n) is 4.25. The predicted molar refractivity (Wildman–Crippen MR) is 82.2 cm³/mol. The number of methoxy groups -OCH3 is 1. The van der Waals surface area contributed by atoms with Gasteiger partial charge in [0, 0.05) is 5.69 Å². The molecule has 0 amide bonds. The van der Waals surface area contributed by atoms with Crippen molar-refractivity contribution in [2.45, 2.75) is 6.92 Å². The topological polar surface area (TPSA) is 71.7 Å². The van der Waals surface area contributed by atoms with Gasteiger partial charge in [-0.3, -0.25) is 5.43 Å². The molecular formula is C15H18N4O. The van der Waals surface area contributed by atoms with Crippen molar-refractivity contribution in [3.05, 3.63) is 54.1 Å². The van der Waals surface area contributed by atoms with E-state index in [9.17, 15) is 0 Å². The molecule has 0 atom stereocenters. The van der Waals surface area contributed by atoms with Crippen LogP contribution in [-0.2, 0) is 0 Å². The number of hydrogen-bond acceptors (Lipinski definition) is 3. The maximum Gasteiger partial charge on any atom is 0.215 e. The average molecular weight is 270 g/mol. The number of ether oxygens (including phenoxy) is 1. The Kier molecular flexibility index (Phi) is 4.57. The number of benzene rings is 2. The zero-order chi connectivity index (χ0) is 14.4. The molecule has 5 heteroatoms. The first-order chi connectivity index (χ1) is 9.72.